The van der Waals surface area contributed by atoms with Gasteiger partial charge in [0.2, 0.25) is 0 Å². The van der Waals surface area contributed by atoms with Gasteiger partial charge in [-0.2, -0.15) is 0 Å². The van der Waals surface area contributed by atoms with Gasteiger partial charge in [0.1, 0.15) is 0 Å². The van der Waals surface area contributed by atoms with Crippen LogP contribution in [0.2, 0.25) is 0 Å². The van der Waals surface area contributed by atoms with E-state index in [4.69, 9.17) is 9.97 Å². The smallest absolute Gasteiger partial charge is 0.160 e. The van der Waals surface area contributed by atoms with Crippen molar-refractivity contribution < 1.29 is 0 Å². The van der Waals surface area contributed by atoms with Crippen LogP contribution in [0.5, 0.6) is 0 Å². The maximum absolute atomic E-state index is 5.19. The van der Waals surface area contributed by atoms with Gasteiger partial charge in [-0.3, -0.25) is 0 Å². The van der Waals surface area contributed by atoms with Crippen LogP contribution in [0.4, 0.5) is 34.1 Å². The first-order chi connectivity index (χ1) is 41.0. The summed E-state index contributed by atoms with van der Waals surface area (Å²) in [6.07, 6.45) is 0. The lowest BCUT2D eigenvalue weighted by Gasteiger charge is -2.28. The minimum absolute atomic E-state index is 0.691. The van der Waals surface area contributed by atoms with Crippen LogP contribution in [-0.2, 0) is 0 Å². The third kappa shape index (κ3) is 9.81. The largest absolute Gasteiger partial charge is 0.310 e. The molecule has 5 nitrogen and oxygen atoms in total. The van der Waals surface area contributed by atoms with Crippen molar-refractivity contribution in [3.63, 3.8) is 0 Å². The standard InChI is InChI=1S/C78H57N5/c1-54-20-15-17-31-73(54)81(64-25-11-5-12-26-64)66-46-40-58(41-47-66)59-42-48-67(49-43-59)82(65-27-13-6-14-28-65)76-52-63(35-34-55(76)2)69-30-19-33-75-77(69)70-29-16-18-32-74(70)83(75)68-50-44-61(45-51-68)72-53-71(79-78(80-72)62-23-9-4-10-24-62)60-38-36-57(37-39-60)56-21-7-3-8-22-56/h3-53H,1-2H3. The molecule has 394 valence electrons. The van der Waals surface area contributed by atoms with Gasteiger partial charge >= 0.3 is 0 Å². The first kappa shape index (κ1) is 50.3. The Bertz CT molecular complexity index is 4580. The first-order valence-electron chi connectivity index (χ1n) is 28.3. The number of aromatic nitrogens is 3. The van der Waals surface area contributed by atoms with E-state index in [0.29, 0.717) is 5.82 Å². The molecule has 2 heterocycles. The number of rotatable bonds is 13. The molecule has 14 rings (SSSR count). The molecule has 0 amide bonds. The molecule has 83 heavy (non-hydrogen) atoms. The van der Waals surface area contributed by atoms with Gasteiger partial charge < -0.3 is 14.4 Å². The summed E-state index contributed by atoms with van der Waals surface area (Å²) < 4.78 is 2.40. The highest BCUT2D eigenvalue weighted by atomic mass is 15.1. The fourth-order valence-corrected chi connectivity index (χ4v) is 11.7. The van der Waals surface area contributed by atoms with Gasteiger partial charge in [0.15, 0.2) is 5.82 Å². The molecule has 0 fully saturated rings. The number of benzene rings is 12. The van der Waals surface area contributed by atoms with Crippen molar-refractivity contribution in [3.05, 3.63) is 321 Å². The molecule has 0 saturated carbocycles. The number of hydrogen-bond donors (Lipinski definition) is 0. The number of anilines is 6. The van der Waals surface area contributed by atoms with E-state index in [1.807, 2.05) is 24.3 Å². The van der Waals surface area contributed by atoms with E-state index >= 15 is 0 Å². The molecule has 5 heteroatoms. The molecule has 0 bridgehead atoms. The van der Waals surface area contributed by atoms with Gasteiger partial charge in [0.05, 0.1) is 22.4 Å². The molecule has 14 aromatic rings. The van der Waals surface area contributed by atoms with E-state index in [1.54, 1.807) is 0 Å². The molecule has 0 aliphatic rings. The summed E-state index contributed by atoms with van der Waals surface area (Å²) in [7, 11) is 0. The number of para-hydroxylation sites is 4. The van der Waals surface area contributed by atoms with E-state index in [-0.39, 0.29) is 0 Å². The Morgan fingerprint density at radius 1 is 0.289 bits per heavy atom. The fourth-order valence-electron chi connectivity index (χ4n) is 11.7. The maximum Gasteiger partial charge on any atom is 0.160 e. The predicted octanol–water partition coefficient (Wildman–Crippen LogP) is 21.1. The van der Waals surface area contributed by atoms with E-state index < -0.39 is 0 Å². The zero-order chi connectivity index (χ0) is 55.6. The van der Waals surface area contributed by atoms with Crippen molar-refractivity contribution in [2.24, 2.45) is 0 Å². The van der Waals surface area contributed by atoms with Gasteiger partial charge in [-0.15, -0.1) is 0 Å². The lowest BCUT2D eigenvalue weighted by molar-refractivity contribution is 1.17. The molecule has 0 aliphatic carbocycles. The number of nitrogens with zero attached hydrogens (tertiary/aromatic N) is 5. The Labute approximate surface area is 485 Å². The summed E-state index contributed by atoms with van der Waals surface area (Å²) in [6.45, 7) is 4.38. The fraction of sp³-hybridized carbons (Fsp3) is 0.0256. The minimum atomic E-state index is 0.691. The number of aryl methyl sites for hydroxylation is 2. The lowest BCUT2D eigenvalue weighted by Crippen LogP contribution is -2.11. The van der Waals surface area contributed by atoms with Crippen LogP contribution in [0, 0.1) is 13.8 Å². The van der Waals surface area contributed by atoms with E-state index in [2.05, 4.69) is 313 Å². The quantitative estimate of drug-likeness (QED) is 0.115. The zero-order valence-corrected chi connectivity index (χ0v) is 46.2. The van der Waals surface area contributed by atoms with Crippen LogP contribution in [0.3, 0.4) is 0 Å². The molecule has 0 aliphatic heterocycles. The molecule has 0 unspecified atom stereocenters. The molecular weight excluding hydrogens is 1010 g/mol. The molecule has 2 aromatic heterocycles. The molecule has 0 radical (unpaired) electrons. The van der Waals surface area contributed by atoms with Crippen molar-refractivity contribution in [3.8, 4) is 73.0 Å². The zero-order valence-electron chi connectivity index (χ0n) is 46.2. The second kappa shape index (κ2) is 22.0. The third-order valence-corrected chi connectivity index (χ3v) is 15.9. The monoisotopic (exact) mass is 1060 g/mol. The average Bonchev–Trinajstić information content (AvgIpc) is 3.82. The highest BCUT2D eigenvalue weighted by Gasteiger charge is 2.21. The van der Waals surface area contributed by atoms with E-state index in [0.717, 1.165) is 95.6 Å². The molecule has 0 atom stereocenters. The SMILES string of the molecule is Cc1ccccc1N(c1ccccc1)c1ccc(-c2ccc(N(c3ccccc3)c3cc(-c4cccc5c4c4ccccc4n5-c4ccc(-c5cc(-c6ccc(-c7ccccc7)cc6)nc(-c6ccccc6)n5)cc4)ccc3C)cc2)cc1. The molecule has 0 spiro atoms. The second-order valence-electron chi connectivity index (χ2n) is 21.1. The Balaban J connectivity index is 0.801. The summed E-state index contributed by atoms with van der Waals surface area (Å²) in [4.78, 5) is 15.0. The molecular formula is C78H57N5. The van der Waals surface area contributed by atoms with E-state index in [1.165, 1.54) is 38.6 Å². The van der Waals surface area contributed by atoms with Crippen molar-refractivity contribution in [1.82, 2.24) is 14.5 Å². The molecule has 0 N–H and O–H groups in total. The highest BCUT2D eigenvalue weighted by molar-refractivity contribution is 6.16. The van der Waals surface area contributed by atoms with Crippen LogP contribution < -0.4 is 9.80 Å². The van der Waals surface area contributed by atoms with Gasteiger partial charge in [-0.1, -0.05) is 218 Å². The summed E-state index contributed by atoms with van der Waals surface area (Å²) in [5.41, 5.74) is 24.2. The van der Waals surface area contributed by atoms with Gasteiger partial charge in [-0.25, -0.2) is 9.97 Å². The van der Waals surface area contributed by atoms with E-state index in [9.17, 15) is 0 Å². The average molecular weight is 1060 g/mol. The first-order valence-corrected chi connectivity index (χ1v) is 28.3. The van der Waals surface area contributed by atoms with Crippen LogP contribution in [0.25, 0.3) is 94.8 Å². The third-order valence-electron chi connectivity index (χ3n) is 15.9. The van der Waals surface area contributed by atoms with Crippen molar-refractivity contribution in [2.45, 2.75) is 13.8 Å². The summed E-state index contributed by atoms with van der Waals surface area (Å²) in [5, 5.41) is 2.41. The highest BCUT2D eigenvalue weighted by Crippen LogP contribution is 2.44. The second-order valence-corrected chi connectivity index (χ2v) is 21.1. The normalized spacial score (nSPS) is 11.3. The summed E-state index contributed by atoms with van der Waals surface area (Å²) >= 11 is 0. The Morgan fingerprint density at radius 3 is 1.30 bits per heavy atom. The van der Waals surface area contributed by atoms with Gasteiger partial charge in [0.25, 0.3) is 0 Å². The predicted molar refractivity (Wildman–Crippen MR) is 348 cm³/mol. The summed E-state index contributed by atoms with van der Waals surface area (Å²) in [5.74, 6) is 0.691. The van der Waals surface area contributed by atoms with Crippen molar-refractivity contribution >= 4 is 55.9 Å². The Morgan fingerprint density at radius 2 is 0.711 bits per heavy atom. The molecule has 12 aromatic carbocycles. The van der Waals surface area contributed by atoms with Gasteiger partial charge in [-0.05, 0) is 149 Å². The molecule has 0 saturated heterocycles. The van der Waals surface area contributed by atoms with Crippen LogP contribution >= 0.6 is 0 Å². The number of hydrogen-bond acceptors (Lipinski definition) is 4. The summed E-state index contributed by atoms with van der Waals surface area (Å²) in [6, 6.07) is 111. The van der Waals surface area contributed by atoms with Crippen LogP contribution in [0.1, 0.15) is 11.1 Å². The maximum atomic E-state index is 5.19. The Hall–Kier alpha value is -10.9. The van der Waals surface area contributed by atoms with Crippen LogP contribution in [-0.4, -0.2) is 14.5 Å². The number of fused-ring (bicyclic) bond motifs is 3. The van der Waals surface area contributed by atoms with Crippen LogP contribution in [0.15, 0.2) is 309 Å². The minimum Gasteiger partial charge on any atom is -0.310 e. The van der Waals surface area contributed by atoms with Crippen molar-refractivity contribution in [1.29, 1.82) is 0 Å². The van der Waals surface area contributed by atoms with Crippen molar-refractivity contribution in [2.75, 3.05) is 9.80 Å². The van der Waals surface area contributed by atoms with Gasteiger partial charge in [0, 0.05) is 67.3 Å². The Kier molecular flexibility index (Phi) is 13.3. The lowest BCUT2D eigenvalue weighted by atomic mass is 9.97. The topological polar surface area (TPSA) is 37.2 Å².